The number of methoxy groups -OCH3 is 2. The number of amides is 2. The van der Waals surface area contributed by atoms with Crippen LogP contribution in [0.15, 0.2) is 36.4 Å². The molecule has 2 rings (SSSR count). The number of carbonyl (C=O) groups excluding carboxylic acids is 1. The smallest absolute Gasteiger partial charge is 0.319 e. The lowest BCUT2D eigenvalue weighted by atomic mass is 10.2. The van der Waals surface area contributed by atoms with Crippen molar-refractivity contribution in [1.29, 1.82) is 0 Å². The van der Waals surface area contributed by atoms with Crippen LogP contribution in [0.2, 0.25) is 0 Å². The molecule has 25 heavy (non-hydrogen) atoms. The van der Waals surface area contributed by atoms with Crippen molar-refractivity contribution in [2.45, 2.75) is 6.54 Å². The molecule has 0 spiro atoms. The Kier molecular flexibility index (Phi) is 5.62. The summed E-state index contributed by atoms with van der Waals surface area (Å²) in [4.78, 5) is 22.2. The fraction of sp³-hybridized carbons (Fsp3) is 0.188. The highest BCUT2D eigenvalue weighted by molar-refractivity contribution is 5.91. The minimum absolute atomic E-state index is 0.0855. The Morgan fingerprint density at radius 2 is 1.96 bits per heavy atom. The van der Waals surface area contributed by atoms with Crippen LogP contribution >= 0.6 is 0 Å². The number of nitrogens with one attached hydrogen (secondary N) is 2. The van der Waals surface area contributed by atoms with Crippen molar-refractivity contribution < 1.29 is 24.3 Å². The van der Waals surface area contributed by atoms with Crippen LogP contribution in [-0.4, -0.2) is 30.3 Å². The minimum Gasteiger partial charge on any atom is -0.508 e. The van der Waals surface area contributed by atoms with Gasteiger partial charge >= 0.3 is 6.03 Å². The highest BCUT2D eigenvalue weighted by Crippen LogP contribution is 2.29. The van der Waals surface area contributed by atoms with Gasteiger partial charge in [0.05, 0.1) is 24.8 Å². The molecule has 2 aromatic rings. The van der Waals surface area contributed by atoms with Gasteiger partial charge in [0.25, 0.3) is 5.69 Å². The molecule has 0 aliphatic rings. The molecule has 3 N–H and O–H groups in total. The van der Waals surface area contributed by atoms with E-state index < -0.39 is 11.0 Å². The van der Waals surface area contributed by atoms with E-state index in [2.05, 4.69) is 10.6 Å². The van der Waals surface area contributed by atoms with E-state index in [0.29, 0.717) is 17.2 Å². The van der Waals surface area contributed by atoms with Gasteiger partial charge in [0.15, 0.2) is 0 Å². The minimum atomic E-state index is -0.578. The van der Waals surface area contributed by atoms with Gasteiger partial charge in [-0.25, -0.2) is 4.79 Å². The summed E-state index contributed by atoms with van der Waals surface area (Å²) >= 11 is 0. The number of non-ortho nitro benzene ring substituents is 1. The molecule has 0 aliphatic carbocycles. The van der Waals surface area contributed by atoms with Gasteiger partial charge in [-0.05, 0) is 18.2 Å². The van der Waals surface area contributed by atoms with E-state index in [1.54, 1.807) is 18.2 Å². The van der Waals surface area contributed by atoms with Crippen LogP contribution < -0.4 is 20.1 Å². The number of phenolic OH excluding ortho intramolecular Hbond substituents is 1. The van der Waals surface area contributed by atoms with Crippen molar-refractivity contribution in [3.05, 3.63) is 52.1 Å². The Morgan fingerprint density at radius 1 is 1.20 bits per heavy atom. The molecule has 0 saturated carbocycles. The van der Waals surface area contributed by atoms with Crippen LogP contribution in [0.1, 0.15) is 5.56 Å². The average Bonchev–Trinajstić information content (AvgIpc) is 2.61. The summed E-state index contributed by atoms with van der Waals surface area (Å²) in [5.41, 5.74) is 0.474. The molecule has 0 saturated heterocycles. The zero-order chi connectivity index (χ0) is 18.4. The van der Waals surface area contributed by atoms with E-state index in [9.17, 15) is 20.0 Å². The molecule has 132 valence electrons. The second-order valence-corrected chi connectivity index (χ2v) is 4.94. The topological polar surface area (TPSA) is 123 Å². The molecule has 0 aromatic heterocycles. The molecule has 0 heterocycles. The first-order chi connectivity index (χ1) is 11.9. The number of nitrogens with zero attached hydrogens (tertiary/aromatic N) is 1. The molecule has 2 amide bonds. The highest BCUT2D eigenvalue weighted by Gasteiger charge is 2.12. The quantitative estimate of drug-likeness (QED) is 0.545. The van der Waals surface area contributed by atoms with E-state index >= 15 is 0 Å². The maximum atomic E-state index is 12.0. The normalized spacial score (nSPS) is 10.0. The largest absolute Gasteiger partial charge is 0.508 e. The van der Waals surface area contributed by atoms with E-state index in [4.69, 9.17) is 9.47 Å². The van der Waals surface area contributed by atoms with Crippen molar-refractivity contribution in [2.24, 2.45) is 0 Å². The van der Waals surface area contributed by atoms with E-state index in [1.165, 1.54) is 32.4 Å². The summed E-state index contributed by atoms with van der Waals surface area (Å²) in [7, 11) is 2.97. The van der Waals surface area contributed by atoms with Crippen LogP contribution in [-0.2, 0) is 6.54 Å². The number of ether oxygens (including phenoxy) is 2. The van der Waals surface area contributed by atoms with Gasteiger partial charge in [-0.3, -0.25) is 10.1 Å². The summed E-state index contributed by atoms with van der Waals surface area (Å²) in [6.45, 7) is -0.0855. The van der Waals surface area contributed by atoms with Crippen LogP contribution in [0.25, 0.3) is 0 Å². The van der Waals surface area contributed by atoms with E-state index in [1.807, 2.05) is 0 Å². The molecule has 9 heteroatoms. The molecule has 0 bridgehead atoms. The molecular formula is C16H17N3O6. The summed E-state index contributed by atoms with van der Waals surface area (Å²) < 4.78 is 10.2. The lowest BCUT2D eigenvalue weighted by Gasteiger charge is -2.12. The number of carbonyl (C=O) groups is 1. The molecule has 0 radical (unpaired) electrons. The Hall–Kier alpha value is -3.49. The van der Waals surface area contributed by atoms with E-state index in [0.717, 1.165) is 0 Å². The van der Waals surface area contributed by atoms with Crippen LogP contribution in [0.4, 0.5) is 16.2 Å². The number of anilines is 1. The van der Waals surface area contributed by atoms with Crippen molar-refractivity contribution in [2.75, 3.05) is 19.5 Å². The average molecular weight is 347 g/mol. The van der Waals surface area contributed by atoms with Crippen molar-refractivity contribution in [1.82, 2.24) is 5.32 Å². The molecule has 2 aromatic carbocycles. The second kappa shape index (κ2) is 7.86. The van der Waals surface area contributed by atoms with Crippen molar-refractivity contribution >= 4 is 17.4 Å². The third-order valence-corrected chi connectivity index (χ3v) is 3.37. The first-order valence-electron chi connectivity index (χ1n) is 7.17. The zero-order valence-electron chi connectivity index (χ0n) is 13.6. The third kappa shape index (κ3) is 4.50. The molecule has 0 atom stereocenters. The van der Waals surface area contributed by atoms with Crippen LogP contribution in [0.5, 0.6) is 17.2 Å². The monoisotopic (exact) mass is 347 g/mol. The molecule has 0 unspecified atom stereocenters. The molecule has 0 aliphatic heterocycles. The van der Waals surface area contributed by atoms with Gasteiger partial charge in [-0.2, -0.15) is 0 Å². The van der Waals surface area contributed by atoms with Gasteiger partial charge < -0.3 is 25.2 Å². The summed E-state index contributed by atoms with van der Waals surface area (Å²) in [6.07, 6.45) is 0. The van der Waals surface area contributed by atoms with Crippen molar-refractivity contribution in [3.8, 4) is 17.2 Å². The second-order valence-electron chi connectivity index (χ2n) is 4.94. The fourth-order valence-electron chi connectivity index (χ4n) is 2.07. The lowest BCUT2D eigenvalue weighted by Crippen LogP contribution is -2.28. The van der Waals surface area contributed by atoms with Gasteiger partial charge in [0.2, 0.25) is 0 Å². The highest BCUT2D eigenvalue weighted by atomic mass is 16.6. The Labute approximate surface area is 143 Å². The number of urea groups is 1. The number of rotatable bonds is 6. The number of phenols is 1. The molecular weight excluding hydrogens is 330 g/mol. The SMILES string of the molecule is COc1ccc(NC(=O)NCc2cc([N+](=O)[O-])ccc2O)c(OC)c1. The number of benzene rings is 2. The maximum Gasteiger partial charge on any atom is 0.319 e. The number of nitro benzene ring substituents is 1. The number of hydrogen-bond donors (Lipinski definition) is 3. The van der Waals surface area contributed by atoms with Crippen molar-refractivity contribution in [3.63, 3.8) is 0 Å². The lowest BCUT2D eigenvalue weighted by molar-refractivity contribution is -0.384. The zero-order valence-corrected chi connectivity index (χ0v) is 13.6. The number of nitro groups is 1. The first-order valence-corrected chi connectivity index (χ1v) is 7.17. The van der Waals surface area contributed by atoms with Gasteiger partial charge in [0, 0.05) is 30.3 Å². The molecule has 9 nitrogen and oxygen atoms in total. The van der Waals surface area contributed by atoms with E-state index in [-0.39, 0.29) is 23.5 Å². The standard InChI is InChI=1S/C16H17N3O6/c1-24-12-4-5-13(15(8-12)25-2)18-16(21)17-9-10-7-11(19(22)23)3-6-14(10)20/h3-8,20H,9H2,1-2H3,(H2,17,18,21). The fourth-order valence-corrected chi connectivity index (χ4v) is 2.07. The maximum absolute atomic E-state index is 12.0. The van der Waals surface area contributed by atoms with Gasteiger partial charge in [0.1, 0.15) is 17.2 Å². The Bertz CT molecular complexity index is 793. The Morgan fingerprint density at radius 3 is 2.60 bits per heavy atom. The van der Waals surface area contributed by atoms with Crippen LogP contribution in [0, 0.1) is 10.1 Å². The predicted molar refractivity (Wildman–Crippen MR) is 90.2 cm³/mol. The van der Waals surface area contributed by atoms with Gasteiger partial charge in [-0.1, -0.05) is 0 Å². The van der Waals surface area contributed by atoms with Gasteiger partial charge in [-0.15, -0.1) is 0 Å². The molecule has 0 fully saturated rings. The van der Waals surface area contributed by atoms with Crippen LogP contribution in [0.3, 0.4) is 0 Å². The number of hydrogen-bond acceptors (Lipinski definition) is 6. The number of aromatic hydroxyl groups is 1. The summed E-state index contributed by atoms with van der Waals surface area (Å²) in [5, 5.41) is 25.6. The Balaban J connectivity index is 2.04. The summed E-state index contributed by atoms with van der Waals surface area (Å²) in [6, 6.07) is 7.91. The summed E-state index contributed by atoms with van der Waals surface area (Å²) in [5.74, 6) is 0.838. The third-order valence-electron chi connectivity index (χ3n) is 3.37. The predicted octanol–water partition coefficient (Wildman–Crippen LogP) is 2.64. The first kappa shape index (κ1) is 17.9.